The lowest BCUT2D eigenvalue weighted by Gasteiger charge is -2.15. The molecule has 134 valence electrons. The molecule has 2 aromatic heterocycles. The van der Waals surface area contributed by atoms with Crippen molar-refractivity contribution < 1.29 is 0 Å². The lowest BCUT2D eigenvalue weighted by molar-refractivity contribution is 0.753. The fraction of sp³-hybridized carbons (Fsp3) is 0.250. The Morgan fingerprint density at radius 2 is 2.00 bits per heavy atom. The van der Waals surface area contributed by atoms with Crippen LogP contribution in [-0.4, -0.2) is 21.0 Å². The zero-order valence-electron chi connectivity index (χ0n) is 15.1. The minimum atomic E-state index is 0.293. The average molecular weight is 412 g/mol. The van der Waals surface area contributed by atoms with E-state index in [2.05, 4.69) is 68.4 Å². The molecule has 0 bridgehead atoms. The molecule has 0 radical (unpaired) electrons. The summed E-state index contributed by atoms with van der Waals surface area (Å²) in [6.45, 7) is 6.31. The highest BCUT2D eigenvalue weighted by Gasteiger charge is 2.09. The van der Waals surface area contributed by atoms with E-state index in [0.29, 0.717) is 12.0 Å². The fourth-order valence-corrected chi connectivity index (χ4v) is 2.68. The lowest BCUT2D eigenvalue weighted by Crippen LogP contribution is -2.16. The van der Waals surface area contributed by atoms with E-state index < -0.39 is 0 Å². The van der Waals surface area contributed by atoms with Gasteiger partial charge in [0.25, 0.3) is 0 Å². The summed E-state index contributed by atoms with van der Waals surface area (Å²) in [5.41, 5.74) is 3.93. The van der Waals surface area contributed by atoms with Crippen LogP contribution in [0.3, 0.4) is 0 Å². The van der Waals surface area contributed by atoms with Crippen molar-refractivity contribution in [2.24, 2.45) is 0 Å². The number of pyridine rings is 1. The Morgan fingerprint density at radius 1 is 1.15 bits per heavy atom. The number of anilines is 3. The highest BCUT2D eigenvalue weighted by Crippen LogP contribution is 2.26. The van der Waals surface area contributed by atoms with E-state index in [0.717, 1.165) is 39.2 Å². The predicted molar refractivity (Wildman–Crippen MR) is 111 cm³/mol. The largest absolute Gasteiger partial charge is 0.352 e. The molecular weight excluding hydrogens is 390 g/mol. The number of aromatic nitrogens is 3. The predicted octanol–water partition coefficient (Wildman–Crippen LogP) is 5.56. The lowest BCUT2D eigenvalue weighted by atomic mass is 10.2. The molecule has 0 aliphatic heterocycles. The van der Waals surface area contributed by atoms with Gasteiger partial charge in [-0.05, 0) is 56.2 Å². The van der Waals surface area contributed by atoms with Gasteiger partial charge in [0.1, 0.15) is 5.82 Å². The Morgan fingerprint density at radius 3 is 2.69 bits per heavy atom. The van der Waals surface area contributed by atoms with Gasteiger partial charge >= 0.3 is 0 Å². The molecule has 0 amide bonds. The molecule has 0 aliphatic rings. The summed E-state index contributed by atoms with van der Waals surface area (Å²) in [4.78, 5) is 13.5. The summed E-state index contributed by atoms with van der Waals surface area (Å²) in [5.74, 6) is 1.35. The average Bonchev–Trinajstić information content (AvgIpc) is 2.65. The molecule has 0 aliphatic carbocycles. The summed E-state index contributed by atoms with van der Waals surface area (Å²) in [6, 6.07) is 12.3. The van der Waals surface area contributed by atoms with Crippen LogP contribution in [0.2, 0.25) is 0 Å². The number of hydrogen-bond acceptors (Lipinski definition) is 5. The zero-order chi connectivity index (χ0) is 18.5. The van der Waals surface area contributed by atoms with E-state index in [1.807, 2.05) is 36.5 Å². The third-order valence-electron chi connectivity index (χ3n) is 4.10. The fourth-order valence-electron chi connectivity index (χ4n) is 2.43. The summed E-state index contributed by atoms with van der Waals surface area (Å²) in [5, 5.41) is 6.74. The van der Waals surface area contributed by atoms with Crippen molar-refractivity contribution in [2.75, 3.05) is 10.6 Å². The molecule has 3 rings (SSSR count). The van der Waals surface area contributed by atoms with Crippen molar-refractivity contribution in [3.05, 3.63) is 58.8 Å². The number of nitrogens with one attached hydrogen (secondary N) is 2. The molecule has 0 saturated carbocycles. The molecular formula is C20H22BrN5. The number of aryl methyl sites for hydroxylation is 1. The Bertz CT molecular complexity index is 883. The third-order valence-corrected chi connectivity index (χ3v) is 4.99. The molecule has 3 aromatic rings. The zero-order valence-corrected chi connectivity index (χ0v) is 16.7. The molecule has 0 saturated heterocycles. The van der Waals surface area contributed by atoms with E-state index in [9.17, 15) is 0 Å². The number of benzene rings is 1. The van der Waals surface area contributed by atoms with E-state index in [-0.39, 0.29) is 0 Å². The van der Waals surface area contributed by atoms with Crippen molar-refractivity contribution in [3.63, 3.8) is 0 Å². The molecule has 0 fully saturated rings. The van der Waals surface area contributed by atoms with Crippen LogP contribution in [-0.2, 0) is 0 Å². The monoisotopic (exact) mass is 411 g/mol. The van der Waals surface area contributed by atoms with Gasteiger partial charge in [0.2, 0.25) is 5.95 Å². The van der Waals surface area contributed by atoms with Crippen molar-refractivity contribution in [1.29, 1.82) is 0 Å². The maximum atomic E-state index is 4.66. The molecule has 2 heterocycles. The van der Waals surface area contributed by atoms with Crippen LogP contribution in [0.4, 0.5) is 17.5 Å². The Kier molecular flexibility index (Phi) is 5.83. The van der Waals surface area contributed by atoms with Crippen LogP contribution >= 0.6 is 15.9 Å². The van der Waals surface area contributed by atoms with E-state index in [4.69, 9.17) is 0 Å². The first kappa shape index (κ1) is 18.3. The van der Waals surface area contributed by atoms with Gasteiger partial charge in [0.05, 0.1) is 5.69 Å². The number of nitrogens with zero attached hydrogens (tertiary/aromatic N) is 3. The van der Waals surface area contributed by atoms with E-state index >= 15 is 0 Å². The molecule has 1 aromatic carbocycles. The topological polar surface area (TPSA) is 62.7 Å². The van der Waals surface area contributed by atoms with Crippen LogP contribution in [0.15, 0.2) is 53.3 Å². The number of hydrogen-bond donors (Lipinski definition) is 2. The molecule has 1 atom stereocenters. The third kappa shape index (κ3) is 4.58. The summed E-state index contributed by atoms with van der Waals surface area (Å²) >= 11 is 3.53. The SMILES string of the molecule is CC[C@@H](C)Nc1nc(Nc2ccc(Br)c(C)c2)cc(-c2cccnc2)n1. The second-order valence-corrected chi connectivity index (χ2v) is 7.10. The first-order chi connectivity index (χ1) is 12.5. The molecule has 26 heavy (non-hydrogen) atoms. The van der Waals surface area contributed by atoms with E-state index in [1.165, 1.54) is 0 Å². The number of halogens is 1. The Hall–Kier alpha value is -2.47. The quantitative estimate of drug-likeness (QED) is 0.555. The van der Waals surface area contributed by atoms with Gasteiger partial charge in [-0.25, -0.2) is 4.98 Å². The van der Waals surface area contributed by atoms with Crippen molar-refractivity contribution in [2.45, 2.75) is 33.2 Å². The number of rotatable bonds is 6. The van der Waals surface area contributed by atoms with Crippen LogP contribution in [0.25, 0.3) is 11.3 Å². The first-order valence-electron chi connectivity index (χ1n) is 8.64. The van der Waals surface area contributed by atoms with Crippen LogP contribution < -0.4 is 10.6 Å². The molecule has 0 unspecified atom stereocenters. The molecule has 2 N–H and O–H groups in total. The standard InChI is InChI=1S/C20H22BrN5/c1-4-14(3)23-20-25-18(15-6-5-9-22-12-15)11-19(26-20)24-16-7-8-17(21)13(2)10-16/h5-12,14H,4H2,1-3H3,(H2,23,24,25,26)/t14-/m1/s1. The van der Waals surface area contributed by atoms with Gasteiger partial charge in [-0.1, -0.05) is 22.9 Å². The molecule has 6 heteroatoms. The Balaban J connectivity index is 1.97. The molecule has 5 nitrogen and oxygen atoms in total. The van der Waals surface area contributed by atoms with Crippen molar-refractivity contribution >= 4 is 33.4 Å². The van der Waals surface area contributed by atoms with E-state index in [1.54, 1.807) is 6.20 Å². The van der Waals surface area contributed by atoms with Crippen LogP contribution in [0.1, 0.15) is 25.8 Å². The van der Waals surface area contributed by atoms with Gasteiger partial charge in [0.15, 0.2) is 0 Å². The van der Waals surface area contributed by atoms with Crippen LogP contribution in [0, 0.1) is 6.92 Å². The van der Waals surface area contributed by atoms with Gasteiger partial charge in [0, 0.05) is 40.2 Å². The normalized spacial score (nSPS) is 11.8. The first-order valence-corrected chi connectivity index (χ1v) is 9.43. The highest BCUT2D eigenvalue weighted by molar-refractivity contribution is 9.10. The highest BCUT2D eigenvalue weighted by atomic mass is 79.9. The summed E-state index contributed by atoms with van der Waals surface area (Å²) < 4.78 is 1.08. The van der Waals surface area contributed by atoms with Crippen molar-refractivity contribution in [1.82, 2.24) is 15.0 Å². The second-order valence-electron chi connectivity index (χ2n) is 6.25. The minimum Gasteiger partial charge on any atom is -0.352 e. The maximum Gasteiger partial charge on any atom is 0.225 e. The smallest absolute Gasteiger partial charge is 0.225 e. The molecule has 0 spiro atoms. The Labute approximate surface area is 162 Å². The second kappa shape index (κ2) is 8.27. The maximum absolute atomic E-state index is 4.66. The minimum absolute atomic E-state index is 0.293. The summed E-state index contributed by atoms with van der Waals surface area (Å²) in [7, 11) is 0. The van der Waals surface area contributed by atoms with Gasteiger partial charge in [-0.2, -0.15) is 4.98 Å². The van der Waals surface area contributed by atoms with Crippen molar-refractivity contribution in [3.8, 4) is 11.3 Å². The van der Waals surface area contributed by atoms with Gasteiger partial charge < -0.3 is 10.6 Å². The van der Waals surface area contributed by atoms with Crippen LogP contribution in [0.5, 0.6) is 0 Å². The van der Waals surface area contributed by atoms with Gasteiger partial charge in [-0.3, -0.25) is 4.98 Å². The summed E-state index contributed by atoms with van der Waals surface area (Å²) in [6.07, 6.45) is 4.56. The van der Waals surface area contributed by atoms with Gasteiger partial charge in [-0.15, -0.1) is 0 Å².